The molecule has 1 aliphatic carbocycles. The van der Waals surface area contributed by atoms with Gasteiger partial charge in [-0.1, -0.05) is 17.3 Å². The Kier molecular flexibility index (Phi) is 6.23. The van der Waals surface area contributed by atoms with Crippen molar-refractivity contribution in [3.05, 3.63) is 71.4 Å². The van der Waals surface area contributed by atoms with E-state index in [0.717, 1.165) is 71.7 Å². The number of aryl methyl sites for hydroxylation is 1. The Labute approximate surface area is 231 Å². The Bertz CT molecular complexity index is 1610. The Morgan fingerprint density at radius 3 is 2.80 bits per heavy atom. The van der Waals surface area contributed by atoms with Gasteiger partial charge in [-0.2, -0.15) is 0 Å². The van der Waals surface area contributed by atoms with Crippen LogP contribution in [-0.2, 0) is 4.74 Å². The van der Waals surface area contributed by atoms with E-state index in [1.807, 2.05) is 37.3 Å². The molecule has 1 saturated carbocycles. The van der Waals surface area contributed by atoms with Gasteiger partial charge >= 0.3 is 5.97 Å². The minimum atomic E-state index is -1.07. The summed E-state index contributed by atoms with van der Waals surface area (Å²) in [5.74, 6) is 1.29. The van der Waals surface area contributed by atoms with Crippen LogP contribution < -0.4 is 9.64 Å². The summed E-state index contributed by atoms with van der Waals surface area (Å²) in [4.78, 5) is 22.7. The number of pyridine rings is 2. The molecule has 1 aromatic carbocycles. The molecule has 0 spiro atoms. The average molecular weight is 539 g/mol. The molecule has 40 heavy (non-hydrogen) atoms. The van der Waals surface area contributed by atoms with E-state index in [1.54, 1.807) is 6.20 Å². The molecule has 4 aromatic rings. The summed E-state index contributed by atoms with van der Waals surface area (Å²) in [6, 6.07) is 11.4. The first-order valence-electron chi connectivity index (χ1n) is 13.8. The molecule has 3 aromatic heterocycles. The zero-order chi connectivity index (χ0) is 27.2. The normalized spacial score (nSPS) is 19.4. The van der Waals surface area contributed by atoms with Gasteiger partial charge in [0.2, 0.25) is 0 Å². The van der Waals surface area contributed by atoms with E-state index >= 15 is 0 Å². The van der Waals surface area contributed by atoms with Crippen molar-refractivity contribution in [3.63, 3.8) is 0 Å². The second-order valence-corrected chi connectivity index (χ2v) is 10.9. The molecule has 5 heterocycles. The quantitative estimate of drug-likeness (QED) is 0.311. The second-order valence-electron chi connectivity index (χ2n) is 10.9. The highest BCUT2D eigenvalue weighted by atomic mass is 16.5. The van der Waals surface area contributed by atoms with E-state index < -0.39 is 5.97 Å². The lowest BCUT2D eigenvalue weighted by atomic mass is 9.95. The van der Waals surface area contributed by atoms with Gasteiger partial charge in [0.25, 0.3) is 0 Å². The lowest BCUT2D eigenvalue weighted by Crippen LogP contribution is -2.45. The van der Waals surface area contributed by atoms with E-state index in [1.165, 1.54) is 6.07 Å². The summed E-state index contributed by atoms with van der Waals surface area (Å²) in [5.41, 5.74) is 5.52. The van der Waals surface area contributed by atoms with Crippen molar-refractivity contribution >= 4 is 28.6 Å². The fourth-order valence-electron chi connectivity index (χ4n) is 5.49. The lowest BCUT2D eigenvalue weighted by molar-refractivity contribution is 0.0690. The van der Waals surface area contributed by atoms with E-state index in [9.17, 15) is 9.90 Å². The molecular formula is C31H30N4O5. The number of carboxylic acids is 1. The van der Waals surface area contributed by atoms with Gasteiger partial charge in [-0.3, -0.25) is 4.98 Å². The second kappa shape index (κ2) is 10.1. The smallest absolute Gasteiger partial charge is 0.354 e. The van der Waals surface area contributed by atoms with Crippen LogP contribution in [0.2, 0.25) is 0 Å². The summed E-state index contributed by atoms with van der Waals surface area (Å²) in [5, 5.41) is 14.8. The van der Waals surface area contributed by atoms with Crippen molar-refractivity contribution in [3.8, 4) is 17.0 Å². The maximum absolute atomic E-state index is 11.7. The Hall–Kier alpha value is -4.24. The third-order valence-electron chi connectivity index (χ3n) is 7.93. The number of hydrogen-bond donors (Lipinski definition) is 1. The van der Waals surface area contributed by atoms with Gasteiger partial charge in [-0.15, -0.1) is 0 Å². The minimum Gasteiger partial charge on any atom is -0.487 e. The summed E-state index contributed by atoms with van der Waals surface area (Å²) in [6.45, 7) is 4.90. The fraction of sp³-hybridized carbons (Fsp3) is 0.355. The van der Waals surface area contributed by atoms with Crippen molar-refractivity contribution in [1.82, 2.24) is 15.1 Å². The number of benzene rings is 1. The van der Waals surface area contributed by atoms with Crippen LogP contribution in [0.1, 0.15) is 52.7 Å². The predicted molar refractivity (Wildman–Crippen MR) is 150 cm³/mol. The van der Waals surface area contributed by atoms with Crippen LogP contribution in [0.3, 0.4) is 0 Å². The van der Waals surface area contributed by atoms with Gasteiger partial charge in [-0.05, 0) is 50.1 Å². The Morgan fingerprint density at radius 1 is 1.18 bits per heavy atom. The van der Waals surface area contributed by atoms with Crippen LogP contribution >= 0.6 is 0 Å². The third-order valence-corrected chi connectivity index (χ3v) is 7.93. The number of hydrogen-bond acceptors (Lipinski definition) is 8. The van der Waals surface area contributed by atoms with Gasteiger partial charge in [0.05, 0.1) is 18.7 Å². The number of carboxylic acid groups (broad SMARTS) is 1. The van der Waals surface area contributed by atoms with Gasteiger partial charge in [0.15, 0.2) is 5.69 Å². The number of aromatic carboxylic acids is 1. The van der Waals surface area contributed by atoms with Crippen molar-refractivity contribution < 1.29 is 23.9 Å². The highest BCUT2D eigenvalue weighted by molar-refractivity contribution is 5.94. The molecule has 2 saturated heterocycles. The van der Waals surface area contributed by atoms with Gasteiger partial charge in [0, 0.05) is 71.5 Å². The first kappa shape index (κ1) is 24.8. The van der Waals surface area contributed by atoms with E-state index in [4.69, 9.17) is 14.0 Å². The van der Waals surface area contributed by atoms with Crippen LogP contribution in [0.5, 0.6) is 5.75 Å². The van der Waals surface area contributed by atoms with E-state index in [-0.39, 0.29) is 11.8 Å². The molecule has 0 unspecified atom stereocenters. The standard InChI is InChI=1S/C31H30N4O5/c1-18-23(3-2-11-32-18)29-24(30(40-34-29)20-5-6-20)8-4-19-15-35(16-19)21-7-9-26-25(13-21)28(14-27(33-26)31(36)37)39-22-10-12-38-17-22/h2-4,7-9,11,13-14,19-20,22H,5-6,10,12,15-17H2,1H3,(H,36,37)/b8-4+/t22-/m1/s1. The number of anilines is 1. The summed E-state index contributed by atoms with van der Waals surface area (Å²) in [6.07, 6.45) is 9.22. The predicted octanol–water partition coefficient (Wildman–Crippen LogP) is 5.49. The van der Waals surface area contributed by atoms with E-state index in [2.05, 4.69) is 32.2 Å². The molecule has 1 N–H and O–H groups in total. The number of nitrogens with zero attached hydrogens (tertiary/aromatic N) is 4. The van der Waals surface area contributed by atoms with Crippen molar-refractivity contribution in [1.29, 1.82) is 0 Å². The molecule has 1 atom stereocenters. The van der Waals surface area contributed by atoms with E-state index in [0.29, 0.717) is 36.3 Å². The maximum atomic E-state index is 11.7. The first-order chi connectivity index (χ1) is 19.5. The molecule has 9 heteroatoms. The number of fused-ring (bicyclic) bond motifs is 1. The van der Waals surface area contributed by atoms with Gasteiger partial charge in [-0.25, -0.2) is 9.78 Å². The zero-order valence-corrected chi connectivity index (χ0v) is 22.2. The molecule has 7 rings (SSSR count). The molecule has 204 valence electrons. The summed E-state index contributed by atoms with van der Waals surface area (Å²) < 4.78 is 17.5. The molecule has 0 bridgehead atoms. The van der Waals surface area contributed by atoms with Crippen LogP contribution in [-0.4, -0.2) is 58.6 Å². The molecule has 9 nitrogen and oxygen atoms in total. The summed E-state index contributed by atoms with van der Waals surface area (Å²) in [7, 11) is 0. The highest BCUT2D eigenvalue weighted by Crippen LogP contribution is 2.45. The monoisotopic (exact) mass is 538 g/mol. The Morgan fingerprint density at radius 2 is 2.05 bits per heavy atom. The fourth-order valence-corrected chi connectivity index (χ4v) is 5.49. The van der Waals surface area contributed by atoms with Crippen LogP contribution in [0.25, 0.3) is 28.2 Å². The van der Waals surface area contributed by atoms with Crippen LogP contribution in [0, 0.1) is 12.8 Å². The van der Waals surface area contributed by atoms with Crippen LogP contribution in [0.15, 0.2) is 53.2 Å². The van der Waals surface area contributed by atoms with Crippen LogP contribution in [0.4, 0.5) is 5.69 Å². The molecular weight excluding hydrogens is 508 g/mol. The molecule has 2 aliphatic heterocycles. The summed E-state index contributed by atoms with van der Waals surface area (Å²) >= 11 is 0. The molecule has 3 aliphatic rings. The van der Waals surface area contributed by atoms with Crippen molar-refractivity contribution in [2.24, 2.45) is 5.92 Å². The topological polar surface area (TPSA) is 111 Å². The van der Waals surface area contributed by atoms with Crippen molar-refractivity contribution in [2.45, 2.75) is 38.2 Å². The molecule has 3 fully saturated rings. The zero-order valence-electron chi connectivity index (χ0n) is 22.2. The molecule has 0 amide bonds. The van der Waals surface area contributed by atoms with Gasteiger partial charge < -0.3 is 24.0 Å². The first-order valence-corrected chi connectivity index (χ1v) is 13.8. The third kappa shape index (κ3) is 4.70. The minimum absolute atomic E-state index is 0.0246. The molecule has 0 radical (unpaired) electrons. The Balaban J connectivity index is 1.11. The number of rotatable bonds is 8. The number of carbonyl (C=O) groups is 1. The highest BCUT2D eigenvalue weighted by Gasteiger charge is 2.33. The lowest BCUT2D eigenvalue weighted by Gasteiger charge is -2.39. The SMILES string of the molecule is Cc1ncccc1-c1noc(C2CC2)c1/C=C/C1CN(c2ccc3nc(C(=O)O)cc(O[C@@H]4CCOC4)c3c2)C1. The largest absolute Gasteiger partial charge is 0.487 e. The van der Waals surface area contributed by atoms with Crippen molar-refractivity contribution in [2.75, 3.05) is 31.2 Å². The van der Waals surface area contributed by atoms with Gasteiger partial charge in [0.1, 0.15) is 23.3 Å². The number of ether oxygens (including phenoxy) is 2. The average Bonchev–Trinajstić information content (AvgIpc) is 3.48. The maximum Gasteiger partial charge on any atom is 0.354 e. The number of aromatic nitrogens is 3.